The summed E-state index contributed by atoms with van der Waals surface area (Å²) in [6.07, 6.45) is 1.73. The van der Waals surface area contributed by atoms with E-state index in [4.69, 9.17) is 0 Å². The fraction of sp³-hybridized carbons (Fsp3) is 0.444. The van der Waals surface area contributed by atoms with Crippen LogP contribution in [-0.2, 0) is 25.7 Å². The number of amides is 2. The van der Waals surface area contributed by atoms with Gasteiger partial charge in [0.05, 0.1) is 15.4 Å². The van der Waals surface area contributed by atoms with Crippen LogP contribution in [0.3, 0.4) is 0 Å². The molecule has 4 heterocycles. The number of aliphatic carboxylic acids is 1. The number of nitrogens with zero attached hydrogens (tertiary/aromatic N) is 3. The van der Waals surface area contributed by atoms with Crippen molar-refractivity contribution in [2.75, 3.05) is 18.1 Å². The maximum absolute atomic E-state index is 13.0. The van der Waals surface area contributed by atoms with Crippen LogP contribution >= 0.6 is 46.2 Å². The van der Waals surface area contributed by atoms with Crippen molar-refractivity contribution in [2.24, 2.45) is 5.41 Å². The van der Waals surface area contributed by atoms with Crippen LogP contribution in [0, 0.1) is 12.3 Å². The standard InChI is InChI=1S/C18H19N3O5S5/c1-10-19-6-12(30-10)28-8-18(17(24)25)7-20-15(23)14(16(20)29-9-18)21(11(2)22)31(26)13-4-3-5-27-13/h3-6,14,16H,7-9H2,1-2H3,(H,24,25)/t14?,16-,18?,31?/m1/s1. The van der Waals surface area contributed by atoms with Crippen molar-refractivity contribution in [1.29, 1.82) is 0 Å². The molecule has 8 nitrogen and oxygen atoms in total. The van der Waals surface area contributed by atoms with Gasteiger partial charge in [0.25, 0.3) is 11.8 Å². The number of thiophene rings is 1. The minimum Gasteiger partial charge on any atom is -0.587 e. The number of aromatic nitrogens is 1. The Morgan fingerprint density at radius 3 is 2.87 bits per heavy atom. The first kappa shape index (κ1) is 22.9. The summed E-state index contributed by atoms with van der Waals surface area (Å²) >= 11 is 3.76. The zero-order valence-electron chi connectivity index (χ0n) is 16.5. The second kappa shape index (κ2) is 8.94. The fourth-order valence-electron chi connectivity index (χ4n) is 3.46. The predicted molar refractivity (Wildman–Crippen MR) is 123 cm³/mol. The molecule has 4 rings (SSSR count). The minimum absolute atomic E-state index is 0.0670. The Balaban J connectivity index is 1.50. The van der Waals surface area contributed by atoms with Crippen molar-refractivity contribution in [3.63, 3.8) is 0 Å². The lowest BCUT2D eigenvalue weighted by atomic mass is 9.89. The van der Waals surface area contributed by atoms with E-state index in [2.05, 4.69) is 4.98 Å². The molecular formula is C18H19N3O5S5. The Morgan fingerprint density at radius 2 is 2.29 bits per heavy atom. The summed E-state index contributed by atoms with van der Waals surface area (Å²) in [4.78, 5) is 43.2. The number of β-lactam (4-membered cyclic amide) rings is 1. The molecule has 13 heteroatoms. The molecule has 2 aliphatic heterocycles. The van der Waals surface area contributed by atoms with Crippen LogP contribution in [-0.4, -0.2) is 71.1 Å². The van der Waals surface area contributed by atoms with E-state index in [0.717, 1.165) is 13.5 Å². The molecule has 2 aromatic heterocycles. The van der Waals surface area contributed by atoms with Crippen molar-refractivity contribution in [3.05, 3.63) is 28.7 Å². The number of hydrogen-bond donors (Lipinski definition) is 1. The molecule has 2 aliphatic rings. The quantitative estimate of drug-likeness (QED) is 0.339. The number of thiazole rings is 1. The van der Waals surface area contributed by atoms with Crippen molar-refractivity contribution in [3.8, 4) is 0 Å². The topological polar surface area (TPSA) is 114 Å². The predicted octanol–water partition coefficient (Wildman–Crippen LogP) is 2.53. The summed E-state index contributed by atoms with van der Waals surface area (Å²) in [5.41, 5.74) is -1.10. The highest BCUT2D eigenvalue weighted by atomic mass is 32.2. The number of carboxylic acid groups (broad SMARTS) is 1. The van der Waals surface area contributed by atoms with Gasteiger partial charge in [-0.2, -0.15) is 0 Å². The highest BCUT2D eigenvalue weighted by molar-refractivity contribution is 8.01. The number of fused-ring (bicyclic) bond motifs is 1. The summed E-state index contributed by atoms with van der Waals surface area (Å²) in [6.45, 7) is 3.25. The molecular weight excluding hydrogens is 499 g/mol. The lowest BCUT2D eigenvalue weighted by Gasteiger charge is -2.54. The van der Waals surface area contributed by atoms with E-state index in [1.165, 1.54) is 58.0 Å². The number of carboxylic acids is 1. The average Bonchev–Trinajstić information content (AvgIpc) is 3.41. The molecule has 31 heavy (non-hydrogen) atoms. The van der Waals surface area contributed by atoms with Crippen molar-refractivity contribution in [2.45, 2.75) is 33.7 Å². The van der Waals surface area contributed by atoms with Gasteiger partial charge >= 0.3 is 5.97 Å². The average molecular weight is 518 g/mol. The van der Waals surface area contributed by atoms with Gasteiger partial charge in [-0.25, -0.2) is 4.98 Å². The first-order chi connectivity index (χ1) is 14.7. The normalized spacial score (nSPS) is 26.2. The number of hydrogen-bond acceptors (Lipinski definition) is 9. The van der Waals surface area contributed by atoms with Crippen LogP contribution in [0.5, 0.6) is 0 Å². The van der Waals surface area contributed by atoms with Crippen LogP contribution in [0.4, 0.5) is 0 Å². The van der Waals surface area contributed by atoms with E-state index in [9.17, 15) is 24.0 Å². The number of carbonyl (C=O) groups is 3. The third kappa shape index (κ3) is 4.23. The second-order valence-electron chi connectivity index (χ2n) is 7.21. The van der Waals surface area contributed by atoms with Crippen molar-refractivity contribution in [1.82, 2.24) is 14.2 Å². The van der Waals surface area contributed by atoms with E-state index >= 15 is 0 Å². The van der Waals surface area contributed by atoms with Gasteiger partial charge in [0.15, 0.2) is 6.04 Å². The van der Waals surface area contributed by atoms with E-state index in [-0.39, 0.29) is 12.5 Å². The summed E-state index contributed by atoms with van der Waals surface area (Å²) in [5.74, 6) is -1.14. The van der Waals surface area contributed by atoms with Gasteiger partial charge < -0.3 is 14.6 Å². The van der Waals surface area contributed by atoms with Gasteiger partial charge in [-0.3, -0.25) is 14.4 Å². The van der Waals surface area contributed by atoms with E-state index in [1.54, 1.807) is 23.7 Å². The van der Waals surface area contributed by atoms with Gasteiger partial charge in [-0.15, -0.1) is 39.2 Å². The Morgan fingerprint density at radius 1 is 1.52 bits per heavy atom. The molecule has 0 aliphatic carbocycles. The Labute approximate surface area is 198 Å². The first-order valence-electron chi connectivity index (χ1n) is 9.19. The van der Waals surface area contributed by atoms with Gasteiger partial charge in [-0.05, 0) is 18.4 Å². The van der Waals surface area contributed by atoms with Gasteiger partial charge in [0, 0.05) is 31.0 Å². The molecule has 2 amide bonds. The van der Waals surface area contributed by atoms with Crippen molar-refractivity contribution < 1.29 is 24.0 Å². The zero-order valence-corrected chi connectivity index (χ0v) is 20.6. The van der Waals surface area contributed by atoms with Gasteiger partial charge in [0.1, 0.15) is 22.2 Å². The Kier molecular flexibility index (Phi) is 6.62. The summed E-state index contributed by atoms with van der Waals surface area (Å²) in [7, 11) is 0. The monoisotopic (exact) mass is 517 g/mol. The molecule has 2 saturated heterocycles. The molecule has 2 fully saturated rings. The molecule has 2 aromatic rings. The second-order valence-corrected chi connectivity index (χ2v) is 13.4. The van der Waals surface area contributed by atoms with Crippen LogP contribution < -0.4 is 0 Å². The summed E-state index contributed by atoms with van der Waals surface area (Å²) < 4.78 is 15.5. The third-order valence-corrected chi connectivity index (χ3v) is 11.7. The Bertz CT molecular complexity index is 999. The molecule has 0 radical (unpaired) electrons. The van der Waals surface area contributed by atoms with Crippen LogP contribution in [0.1, 0.15) is 11.9 Å². The molecule has 0 aromatic carbocycles. The highest BCUT2D eigenvalue weighted by Crippen LogP contribution is 2.47. The number of thioether (sulfide) groups is 2. The SMILES string of the molecule is CC(=O)N(C1C(=O)N2CC(CSc3cnc(C)s3)(C(=O)O)CS[C@H]12)[S+]([O-])c1cccs1. The van der Waals surface area contributed by atoms with E-state index in [0.29, 0.717) is 15.7 Å². The molecule has 4 atom stereocenters. The maximum Gasteiger partial charge on any atom is 0.313 e. The van der Waals surface area contributed by atoms with Gasteiger partial charge in [0.2, 0.25) is 4.21 Å². The first-order valence-corrected chi connectivity index (χ1v) is 14.0. The fourth-order valence-corrected chi connectivity index (χ4v) is 9.61. The smallest absolute Gasteiger partial charge is 0.313 e. The van der Waals surface area contributed by atoms with Crippen LogP contribution in [0.15, 0.2) is 32.1 Å². The van der Waals surface area contributed by atoms with Crippen LogP contribution in [0.25, 0.3) is 0 Å². The van der Waals surface area contributed by atoms with Crippen molar-refractivity contribution >= 4 is 75.3 Å². The summed E-state index contributed by atoms with van der Waals surface area (Å²) in [6, 6.07) is 2.55. The van der Waals surface area contributed by atoms with Crippen LogP contribution in [0.2, 0.25) is 0 Å². The molecule has 0 saturated carbocycles. The number of carbonyl (C=O) groups excluding carboxylic acids is 2. The van der Waals surface area contributed by atoms with E-state index < -0.39 is 40.1 Å². The zero-order chi connectivity index (χ0) is 22.3. The lowest BCUT2D eigenvalue weighted by Crippen LogP contribution is -2.74. The largest absolute Gasteiger partial charge is 0.587 e. The molecule has 1 N–H and O–H groups in total. The van der Waals surface area contributed by atoms with E-state index in [1.807, 2.05) is 6.92 Å². The lowest BCUT2D eigenvalue weighted by molar-refractivity contribution is -0.161. The molecule has 3 unspecified atom stereocenters. The Hall–Kier alpha value is -1.25. The number of aryl methyl sites for hydroxylation is 1. The molecule has 166 valence electrons. The molecule has 0 spiro atoms. The van der Waals surface area contributed by atoms with Gasteiger partial charge in [-0.1, -0.05) is 11.3 Å². The minimum atomic E-state index is -1.77. The summed E-state index contributed by atoms with van der Waals surface area (Å²) in [5, 5.41) is 12.2. The molecule has 0 bridgehead atoms. The number of rotatable bonds is 7. The third-order valence-electron chi connectivity index (χ3n) is 5.07. The maximum atomic E-state index is 13.0. The highest BCUT2D eigenvalue weighted by Gasteiger charge is 2.62.